The number of hydrogen-bond acceptors (Lipinski definition) is 5. The lowest BCUT2D eigenvalue weighted by Crippen LogP contribution is -2.61. The van der Waals surface area contributed by atoms with Gasteiger partial charge in [0.1, 0.15) is 5.58 Å². The zero-order valence-electron chi connectivity index (χ0n) is 33.7. The smallest absolute Gasteiger partial charge is 0.297 e. The van der Waals surface area contributed by atoms with E-state index in [0.29, 0.717) is 0 Å². The van der Waals surface area contributed by atoms with Crippen molar-refractivity contribution in [3.63, 3.8) is 0 Å². The lowest BCUT2D eigenvalue weighted by atomic mass is 9.35. The molecule has 0 aliphatic carbocycles. The third-order valence-corrected chi connectivity index (χ3v) is 14.3. The van der Waals surface area contributed by atoms with Crippen LogP contribution < -0.4 is 26.4 Å². The van der Waals surface area contributed by atoms with Gasteiger partial charge in [0.25, 0.3) is 6.71 Å². The summed E-state index contributed by atoms with van der Waals surface area (Å²) < 4.78 is 7.32. The van der Waals surface area contributed by atoms with Crippen LogP contribution in [0.25, 0.3) is 11.0 Å². The number of hydrogen-bond donors (Lipinski definition) is 0. The number of anilines is 6. The first-order chi connectivity index (χ1) is 26.6. The molecule has 0 N–H and O–H groups in total. The Morgan fingerprint density at radius 2 is 1.00 bits per heavy atom. The van der Waals surface area contributed by atoms with Gasteiger partial charge < -0.3 is 14.2 Å². The molecule has 278 valence electrons. The molecule has 0 bridgehead atoms. The Kier molecular flexibility index (Phi) is 7.86. The van der Waals surface area contributed by atoms with E-state index in [1.54, 1.807) is 0 Å². The van der Waals surface area contributed by atoms with Gasteiger partial charge in [-0.15, -0.1) is 0 Å². The van der Waals surface area contributed by atoms with Crippen LogP contribution in [-0.4, -0.2) is 6.71 Å². The van der Waals surface area contributed by atoms with Gasteiger partial charge in [-0.05, 0) is 111 Å². The molecule has 1 aromatic heterocycles. The number of benzene rings is 6. The Morgan fingerprint density at radius 3 is 1.57 bits per heavy atom. The Bertz CT molecular complexity index is 2710. The van der Waals surface area contributed by atoms with Crippen molar-refractivity contribution < 1.29 is 4.42 Å². The highest BCUT2D eigenvalue weighted by Gasteiger charge is 2.47. The highest BCUT2D eigenvalue weighted by atomic mass is 32.2. The Hall–Kier alpha value is -4.78. The van der Waals surface area contributed by atoms with Crippen molar-refractivity contribution in [3.05, 3.63) is 138 Å². The lowest BCUT2D eigenvalue weighted by Gasteiger charge is -2.43. The second-order valence-electron chi connectivity index (χ2n) is 18.7. The highest BCUT2D eigenvalue weighted by molar-refractivity contribution is 8.05. The van der Waals surface area contributed by atoms with Gasteiger partial charge in [-0.2, -0.15) is 0 Å². The number of rotatable bonds is 2. The van der Waals surface area contributed by atoms with Crippen molar-refractivity contribution >= 4 is 91.9 Å². The first kappa shape index (κ1) is 35.6. The zero-order chi connectivity index (χ0) is 38.9. The molecule has 56 heavy (non-hydrogen) atoms. The average Bonchev–Trinajstić information content (AvgIpc) is 3.52. The van der Waals surface area contributed by atoms with Gasteiger partial charge in [-0.3, -0.25) is 0 Å². The van der Waals surface area contributed by atoms with Crippen LogP contribution in [0.5, 0.6) is 0 Å². The van der Waals surface area contributed by atoms with E-state index >= 15 is 0 Å². The summed E-state index contributed by atoms with van der Waals surface area (Å²) in [7, 11) is 0. The fraction of sp³-hybridized carbons (Fsp3) is 0.240. The van der Waals surface area contributed by atoms with Crippen LogP contribution in [0.2, 0.25) is 0 Å². The SMILES string of the molecule is CC(C)(C)c1ccc(N2c3ccc(C(C)(C)C)cc3B3c4oc5cc6c(cc5c4N(c4ccc(C(C)(C)C)cc4)c4cccc2c43)Sc2ccccc2S6)cc1. The Balaban J connectivity index is 1.26. The van der Waals surface area contributed by atoms with E-state index in [4.69, 9.17) is 4.42 Å². The van der Waals surface area contributed by atoms with E-state index in [2.05, 4.69) is 193 Å². The van der Waals surface area contributed by atoms with E-state index in [1.807, 2.05) is 23.5 Å². The molecule has 3 aliphatic rings. The third-order valence-electron chi connectivity index (χ3n) is 11.8. The van der Waals surface area contributed by atoms with Crippen molar-refractivity contribution in [2.45, 2.75) is 98.1 Å². The van der Waals surface area contributed by atoms with Crippen LogP contribution in [0.3, 0.4) is 0 Å². The van der Waals surface area contributed by atoms with Gasteiger partial charge in [0.05, 0.1) is 11.3 Å². The summed E-state index contributed by atoms with van der Waals surface area (Å²) in [6.07, 6.45) is 0. The maximum absolute atomic E-state index is 7.32. The maximum atomic E-state index is 7.32. The molecule has 0 saturated heterocycles. The summed E-state index contributed by atoms with van der Waals surface area (Å²) in [5.74, 6) is 0. The molecule has 0 spiro atoms. The second-order valence-corrected chi connectivity index (χ2v) is 20.9. The summed E-state index contributed by atoms with van der Waals surface area (Å²) in [4.78, 5) is 10.1. The molecule has 3 aliphatic heterocycles. The molecule has 0 unspecified atom stereocenters. The van der Waals surface area contributed by atoms with Crippen LogP contribution in [0.15, 0.2) is 145 Å². The predicted molar refractivity (Wildman–Crippen MR) is 241 cm³/mol. The highest BCUT2D eigenvalue weighted by Crippen LogP contribution is 2.53. The molecule has 10 rings (SSSR count). The minimum Gasteiger partial charge on any atom is -0.468 e. The summed E-state index contributed by atoms with van der Waals surface area (Å²) in [6.45, 7) is 20.5. The molecule has 0 atom stereocenters. The van der Waals surface area contributed by atoms with Crippen molar-refractivity contribution in [1.82, 2.24) is 0 Å². The van der Waals surface area contributed by atoms with Crippen molar-refractivity contribution in [3.8, 4) is 0 Å². The van der Waals surface area contributed by atoms with E-state index < -0.39 is 0 Å². The fourth-order valence-electron chi connectivity index (χ4n) is 8.68. The summed E-state index contributed by atoms with van der Waals surface area (Å²) in [5, 5.41) is 1.15. The molecule has 0 radical (unpaired) electrons. The van der Waals surface area contributed by atoms with Crippen molar-refractivity contribution in [2.75, 3.05) is 9.80 Å². The van der Waals surface area contributed by atoms with Crippen LogP contribution in [0.4, 0.5) is 34.1 Å². The van der Waals surface area contributed by atoms with E-state index in [1.165, 1.54) is 64.3 Å². The van der Waals surface area contributed by atoms with Gasteiger partial charge in [-0.25, -0.2) is 0 Å². The van der Waals surface area contributed by atoms with Gasteiger partial charge in [-0.1, -0.05) is 140 Å². The van der Waals surface area contributed by atoms with Gasteiger partial charge in [0.2, 0.25) is 0 Å². The Morgan fingerprint density at radius 1 is 0.482 bits per heavy atom. The average molecular weight is 767 g/mol. The third kappa shape index (κ3) is 5.58. The lowest BCUT2D eigenvalue weighted by molar-refractivity contribution is 0.590. The van der Waals surface area contributed by atoms with Crippen LogP contribution in [-0.2, 0) is 16.2 Å². The summed E-state index contributed by atoms with van der Waals surface area (Å²) in [6, 6.07) is 45.9. The van der Waals surface area contributed by atoms with Crippen molar-refractivity contribution in [2.24, 2.45) is 0 Å². The van der Waals surface area contributed by atoms with Gasteiger partial charge in [0, 0.05) is 53.4 Å². The second kappa shape index (κ2) is 12.4. The number of furan rings is 1. The van der Waals surface area contributed by atoms with Gasteiger partial charge >= 0.3 is 0 Å². The molecule has 6 aromatic carbocycles. The predicted octanol–water partition coefficient (Wildman–Crippen LogP) is 13.0. The summed E-state index contributed by atoms with van der Waals surface area (Å²) in [5.41, 5.74) is 15.6. The molecule has 0 saturated carbocycles. The monoisotopic (exact) mass is 766 g/mol. The molecule has 3 nitrogen and oxygen atoms in total. The maximum Gasteiger partial charge on any atom is 0.297 e. The van der Waals surface area contributed by atoms with E-state index in [9.17, 15) is 0 Å². The van der Waals surface area contributed by atoms with Crippen LogP contribution in [0.1, 0.15) is 79.0 Å². The van der Waals surface area contributed by atoms with Crippen LogP contribution >= 0.6 is 23.5 Å². The van der Waals surface area contributed by atoms with E-state index in [-0.39, 0.29) is 23.0 Å². The molecule has 4 heterocycles. The number of fused-ring (bicyclic) bond motifs is 8. The molecular formula is C50H47BN2OS2. The molecule has 7 aromatic rings. The molecule has 6 heteroatoms. The topological polar surface area (TPSA) is 19.6 Å². The number of nitrogens with zero attached hydrogens (tertiary/aromatic N) is 2. The normalized spacial score (nSPS) is 14.6. The van der Waals surface area contributed by atoms with Gasteiger partial charge in [0.15, 0.2) is 0 Å². The fourth-order valence-corrected chi connectivity index (χ4v) is 10.9. The van der Waals surface area contributed by atoms with Crippen molar-refractivity contribution in [1.29, 1.82) is 0 Å². The quantitative estimate of drug-likeness (QED) is 0.163. The molecule has 0 amide bonds. The molecule has 0 fully saturated rings. The van der Waals surface area contributed by atoms with Crippen LogP contribution in [0, 0.1) is 0 Å². The zero-order valence-corrected chi connectivity index (χ0v) is 35.4. The largest absolute Gasteiger partial charge is 0.468 e. The molecular weight excluding hydrogens is 720 g/mol. The minimum atomic E-state index is -0.0920. The van der Waals surface area contributed by atoms with E-state index in [0.717, 1.165) is 33.7 Å². The first-order valence-corrected chi connectivity index (χ1v) is 21.4. The minimum absolute atomic E-state index is 0.0251. The first-order valence-electron chi connectivity index (χ1n) is 19.8. The Labute approximate surface area is 340 Å². The standard InChI is InChI=1S/C50H47BN2OS2/c1-48(2,3)30-17-22-33(23-18-30)52-37-26-21-32(50(7,8)9)27-36(37)51-45-38(52)13-12-14-39(45)53(34-24-19-31(20-25-34)49(4,5)6)46-35-28-43-44(29-40(35)54-47(46)51)56-42-16-11-10-15-41(42)55-43/h10-29H,1-9H3. The summed E-state index contributed by atoms with van der Waals surface area (Å²) >= 11 is 3.71.